The predicted molar refractivity (Wildman–Crippen MR) is 65.5 cm³/mol. The maximum atomic E-state index is 12.2. The van der Waals surface area contributed by atoms with E-state index in [4.69, 9.17) is 0 Å². The van der Waals surface area contributed by atoms with Crippen LogP contribution in [0.3, 0.4) is 0 Å². The molecule has 0 aromatic heterocycles. The minimum atomic E-state index is -2.98. The summed E-state index contributed by atoms with van der Waals surface area (Å²) in [4.78, 5) is 22.3. The highest BCUT2D eigenvalue weighted by Crippen LogP contribution is 2.25. The number of nitrogens with one attached hydrogen (secondary N) is 1. The minimum Gasteiger partial charge on any atom is -0.433 e. The van der Waals surface area contributed by atoms with E-state index < -0.39 is 18.2 Å². The molecule has 1 rings (SSSR count). The number of carbonyl (C=O) groups is 2. The normalized spacial score (nSPS) is 9.95. The lowest BCUT2D eigenvalue weighted by Crippen LogP contribution is -2.20. The molecule has 0 bridgehead atoms. The van der Waals surface area contributed by atoms with Crippen molar-refractivity contribution in [2.45, 2.75) is 20.5 Å². The summed E-state index contributed by atoms with van der Waals surface area (Å²) in [5.74, 6) is -1.17. The van der Waals surface area contributed by atoms with Crippen LogP contribution >= 0.6 is 0 Å². The lowest BCUT2D eigenvalue weighted by molar-refractivity contribution is -0.114. The van der Waals surface area contributed by atoms with Gasteiger partial charge in [0.1, 0.15) is 0 Å². The molecule has 0 heterocycles. The van der Waals surface area contributed by atoms with E-state index >= 15 is 0 Å². The Kier molecular flexibility index (Phi) is 5.11. The monoisotopic (exact) mass is 270 g/mol. The van der Waals surface area contributed by atoms with Crippen LogP contribution < -0.4 is 10.2 Å². The number of hydrogen-bond acceptors (Lipinski definition) is 5. The molecular formula is C12H12F2N2O3. The lowest BCUT2D eigenvalue weighted by Gasteiger charge is -2.09. The van der Waals surface area contributed by atoms with Crippen LogP contribution in [-0.2, 0) is 9.59 Å². The van der Waals surface area contributed by atoms with E-state index in [1.54, 1.807) is 6.07 Å². The molecule has 0 aliphatic heterocycles. The largest absolute Gasteiger partial charge is 0.433 e. The van der Waals surface area contributed by atoms with Crippen LogP contribution in [0.2, 0.25) is 0 Å². The molecule has 5 nitrogen and oxygen atoms in total. The molecule has 0 radical (unpaired) electrons. The number of rotatable bonds is 6. The second-order valence-corrected chi connectivity index (χ2v) is 3.56. The third kappa shape index (κ3) is 4.46. The minimum absolute atomic E-state index is 0.128. The van der Waals surface area contributed by atoms with Crippen molar-refractivity contribution in [3.05, 3.63) is 24.3 Å². The van der Waals surface area contributed by atoms with Gasteiger partial charge >= 0.3 is 6.61 Å². The average molecular weight is 270 g/mol. The Morgan fingerprint density at radius 3 is 2.32 bits per heavy atom. The molecule has 19 heavy (non-hydrogen) atoms. The first-order chi connectivity index (χ1) is 8.91. The highest BCUT2D eigenvalue weighted by atomic mass is 19.3. The number of halogens is 2. The van der Waals surface area contributed by atoms with Gasteiger partial charge in [0.15, 0.2) is 23.0 Å². The van der Waals surface area contributed by atoms with E-state index in [1.165, 1.54) is 32.0 Å². The smallest absolute Gasteiger partial charge is 0.387 e. The van der Waals surface area contributed by atoms with Crippen LogP contribution in [0.4, 0.5) is 14.5 Å². The zero-order chi connectivity index (χ0) is 14.4. The van der Waals surface area contributed by atoms with E-state index in [9.17, 15) is 18.4 Å². The van der Waals surface area contributed by atoms with E-state index in [-0.39, 0.29) is 17.1 Å². The zero-order valence-corrected chi connectivity index (χ0v) is 10.3. The van der Waals surface area contributed by atoms with Crippen molar-refractivity contribution in [1.29, 1.82) is 0 Å². The molecule has 0 aliphatic rings. The standard InChI is InChI=1S/C12H12F2N2O3/c1-7(17)11(8(2)18)16-15-9-5-3-4-6-10(9)19-12(13)14/h3-6,12,15H,1-2H3. The van der Waals surface area contributed by atoms with Gasteiger partial charge in [-0.15, -0.1) is 0 Å². The molecule has 0 saturated carbocycles. The van der Waals surface area contributed by atoms with Crippen molar-refractivity contribution < 1.29 is 23.1 Å². The molecule has 1 aromatic rings. The van der Waals surface area contributed by atoms with Gasteiger partial charge in [0.05, 0.1) is 5.69 Å². The van der Waals surface area contributed by atoms with Gasteiger partial charge in [-0.1, -0.05) is 12.1 Å². The van der Waals surface area contributed by atoms with Gasteiger partial charge in [-0.2, -0.15) is 13.9 Å². The van der Waals surface area contributed by atoms with Crippen molar-refractivity contribution in [3.8, 4) is 5.75 Å². The van der Waals surface area contributed by atoms with Crippen LogP contribution in [0.25, 0.3) is 0 Å². The van der Waals surface area contributed by atoms with Gasteiger partial charge in [0.25, 0.3) is 0 Å². The van der Waals surface area contributed by atoms with Gasteiger partial charge in [-0.25, -0.2) is 0 Å². The number of anilines is 1. The summed E-state index contributed by atoms with van der Waals surface area (Å²) in [5, 5.41) is 3.60. The topological polar surface area (TPSA) is 67.8 Å². The number of para-hydroxylation sites is 2. The first-order valence-corrected chi connectivity index (χ1v) is 5.31. The summed E-state index contributed by atoms with van der Waals surface area (Å²) < 4.78 is 28.6. The molecule has 0 fully saturated rings. The van der Waals surface area contributed by atoms with Gasteiger partial charge in [0, 0.05) is 13.8 Å². The molecular weight excluding hydrogens is 258 g/mol. The number of hydrogen-bond donors (Lipinski definition) is 1. The molecule has 1 aromatic carbocycles. The summed E-state index contributed by atoms with van der Waals surface area (Å²) in [6.07, 6.45) is 0. The first-order valence-electron chi connectivity index (χ1n) is 5.31. The second kappa shape index (κ2) is 6.58. The zero-order valence-electron chi connectivity index (χ0n) is 10.3. The number of ether oxygens (including phenoxy) is 1. The molecule has 0 unspecified atom stereocenters. The molecule has 7 heteroatoms. The number of carbonyl (C=O) groups excluding carboxylic acids is 2. The fourth-order valence-corrected chi connectivity index (χ4v) is 1.28. The van der Waals surface area contributed by atoms with E-state index in [0.29, 0.717) is 0 Å². The van der Waals surface area contributed by atoms with Crippen LogP contribution in [0.5, 0.6) is 5.75 Å². The molecule has 1 N–H and O–H groups in total. The van der Waals surface area contributed by atoms with Gasteiger partial charge in [0.2, 0.25) is 0 Å². The maximum absolute atomic E-state index is 12.2. The molecule has 0 amide bonds. The van der Waals surface area contributed by atoms with Crippen LogP contribution in [0.15, 0.2) is 29.4 Å². The summed E-state index contributed by atoms with van der Waals surface area (Å²) >= 11 is 0. The number of hydrazone groups is 1. The van der Waals surface area contributed by atoms with Crippen molar-refractivity contribution in [3.63, 3.8) is 0 Å². The van der Waals surface area contributed by atoms with E-state index in [2.05, 4.69) is 15.3 Å². The third-order valence-corrected chi connectivity index (χ3v) is 2.06. The van der Waals surface area contributed by atoms with Crippen molar-refractivity contribution in [1.82, 2.24) is 0 Å². The SMILES string of the molecule is CC(=O)C(=NNc1ccccc1OC(F)F)C(C)=O. The molecule has 102 valence electrons. The quantitative estimate of drug-likeness (QED) is 0.489. The van der Waals surface area contributed by atoms with Crippen LogP contribution in [0, 0.1) is 0 Å². The Morgan fingerprint density at radius 1 is 1.21 bits per heavy atom. The number of nitrogens with zero attached hydrogens (tertiary/aromatic N) is 1. The third-order valence-electron chi connectivity index (χ3n) is 2.06. The van der Waals surface area contributed by atoms with Crippen molar-refractivity contribution in [2.75, 3.05) is 5.43 Å². The van der Waals surface area contributed by atoms with Gasteiger partial charge in [-0.3, -0.25) is 15.0 Å². The Balaban J connectivity index is 2.96. The van der Waals surface area contributed by atoms with Gasteiger partial charge < -0.3 is 4.74 Å². The Labute approximate surface area is 108 Å². The lowest BCUT2D eigenvalue weighted by atomic mass is 10.2. The average Bonchev–Trinajstić information content (AvgIpc) is 2.29. The van der Waals surface area contributed by atoms with E-state index in [0.717, 1.165) is 0 Å². The van der Waals surface area contributed by atoms with Crippen LogP contribution in [-0.4, -0.2) is 23.9 Å². The number of Topliss-reactive ketones (excluding diaryl/α,β-unsaturated/α-hetero) is 2. The number of benzene rings is 1. The predicted octanol–water partition coefficient (Wildman–Crippen LogP) is 2.23. The summed E-state index contributed by atoms with van der Waals surface area (Å²) in [6.45, 7) is -0.612. The summed E-state index contributed by atoms with van der Waals surface area (Å²) in [5.41, 5.74) is 2.20. The van der Waals surface area contributed by atoms with Crippen molar-refractivity contribution >= 4 is 23.0 Å². The maximum Gasteiger partial charge on any atom is 0.387 e. The van der Waals surface area contributed by atoms with Crippen molar-refractivity contribution in [2.24, 2.45) is 5.10 Å². The molecule has 0 spiro atoms. The summed E-state index contributed by atoms with van der Waals surface area (Å²) in [7, 11) is 0. The number of ketones is 2. The fourth-order valence-electron chi connectivity index (χ4n) is 1.28. The Hall–Kier alpha value is -2.31. The number of alkyl halides is 2. The Morgan fingerprint density at radius 2 is 1.79 bits per heavy atom. The summed E-state index contributed by atoms with van der Waals surface area (Å²) in [6, 6.07) is 5.81. The van der Waals surface area contributed by atoms with Gasteiger partial charge in [-0.05, 0) is 12.1 Å². The Bertz CT molecular complexity index is 499. The highest BCUT2D eigenvalue weighted by molar-refractivity contribution is 6.65. The first kappa shape index (κ1) is 14.7. The van der Waals surface area contributed by atoms with E-state index in [1.807, 2.05) is 0 Å². The molecule has 0 saturated heterocycles. The fraction of sp³-hybridized carbons (Fsp3) is 0.250. The highest BCUT2D eigenvalue weighted by Gasteiger charge is 2.13. The molecule has 0 aliphatic carbocycles. The van der Waals surface area contributed by atoms with Crippen LogP contribution in [0.1, 0.15) is 13.8 Å². The molecule has 0 atom stereocenters. The second-order valence-electron chi connectivity index (χ2n) is 3.56.